The van der Waals surface area contributed by atoms with E-state index in [2.05, 4.69) is 18.8 Å². The van der Waals surface area contributed by atoms with Crippen molar-refractivity contribution in [3.8, 4) is 11.8 Å². The van der Waals surface area contributed by atoms with Gasteiger partial charge >= 0.3 is 0 Å². The molecular weight excluding hydrogens is 250 g/mol. The Kier molecular flexibility index (Phi) is 7.46. The lowest BCUT2D eigenvalue weighted by Gasteiger charge is -2.17. The first kappa shape index (κ1) is 16.3. The summed E-state index contributed by atoms with van der Waals surface area (Å²) in [6, 6.07) is 7.38. The lowest BCUT2D eigenvalue weighted by atomic mass is 10.1. The summed E-state index contributed by atoms with van der Waals surface area (Å²) in [5, 5.41) is 8.75. The molecule has 0 saturated carbocycles. The molecule has 108 valence electrons. The van der Waals surface area contributed by atoms with Gasteiger partial charge in [0.25, 0.3) is 5.91 Å². The molecule has 0 spiro atoms. The van der Waals surface area contributed by atoms with Crippen molar-refractivity contribution < 1.29 is 9.90 Å². The highest BCUT2D eigenvalue weighted by Crippen LogP contribution is 2.11. The number of aliphatic hydroxyl groups excluding tert-OH is 1. The summed E-state index contributed by atoms with van der Waals surface area (Å²) in [5.41, 5.74) is 1.37. The molecule has 0 saturated heterocycles. The van der Waals surface area contributed by atoms with Crippen molar-refractivity contribution in [2.45, 2.75) is 32.6 Å². The maximum absolute atomic E-state index is 12.4. The van der Waals surface area contributed by atoms with Gasteiger partial charge in [0, 0.05) is 25.6 Å². The number of aliphatic hydroxyl groups is 1. The summed E-state index contributed by atoms with van der Waals surface area (Å²) >= 11 is 0. The van der Waals surface area contributed by atoms with Gasteiger partial charge in [-0.25, -0.2) is 0 Å². The van der Waals surface area contributed by atoms with Crippen molar-refractivity contribution in [3.05, 3.63) is 35.4 Å². The maximum atomic E-state index is 12.4. The van der Waals surface area contributed by atoms with Gasteiger partial charge in [0.1, 0.15) is 0 Å². The van der Waals surface area contributed by atoms with E-state index in [9.17, 15) is 4.79 Å². The topological polar surface area (TPSA) is 40.5 Å². The van der Waals surface area contributed by atoms with Crippen LogP contribution in [-0.2, 0) is 0 Å². The highest BCUT2D eigenvalue weighted by molar-refractivity contribution is 5.96. The number of rotatable bonds is 6. The van der Waals surface area contributed by atoms with Crippen LogP contribution in [0.25, 0.3) is 0 Å². The zero-order chi connectivity index (χ0) is 14.8. The summed E-state index contributed by atoms with van der Waals surface area (Å²) in [4.78, 5) is 14.2. The van der Waals surface area contributed by atoms with Gasteiger partial charge in [-0.05, 0) is 18.6 Å². The number of carbonyl (C=O) groups excluding carboxylic acids is 1. The molecule has 0 unspecified atom stereocenters. The molecule has 0 aliphatic rings. The molecule has 0 bridgehead atoms. The molecule has 0 radical (unpaired) electrons. The minimum atomic E-state index is 0.00926. The maximum Gasteiger partial charge on any atom is 0.254 e. The van der Waals surface area contributed by atoms with Crippen LogP contribution in [0.1, 0.15) is 48.5 Å². The predicted molar refractivity (Wildman–Crippen MR) is 81.5 cm³/mol. The van der Waals surface area contributed by atoms with E-state index in [1.54, 1.807) is 4.90 Å². The fourth-order valence-corrected chi connectivity index (χ4v) is 1.90. The van der Waals surface area contributed by atoms with Crippen LogP contribution < -0.4 is 0 Å². The summed E-state index contributed by atoms with van der Waals surface area (Å²) < 4.78 is 0. The van der Waals surface area contributed by atoms with E-state index in [0.29, 0.717) is 12.0 Å². The number of hydrogen-bond donors (Lipinski definition) is 1. The van der Waals surface area contributed by atoms with Gasteiger partial charge in [0.2, 0.25) is 0 Å². The lowest BCUT2D eigenvalue weighted by Crippen LogP contribution is -2.28. The van der Waals surface area contributed by atoms with Crippen LogP contribution in [0, 0.1) is 11.8 Å². The summed E-state index contributed by atoms with van der Waals surface area (Å²) in [7, 11) is 1.83. The van der Waals surface area contributed by atoms with Crippen molar-refractivity contribution in [2.24, 2.45) is 0 Å². The van der Waals surface area contributed by atoms with Gasteiger partial charge in [-0.1, -0.05) is 43.7 Å². The van der Waals surface area contributed by atoms with Crippen molar-refractivity contribution >= 4 is 5.91 Å². The van der Waals surface area contributed by atoms with Gasteiger partial charge in [0.05, 0.1) is 12.2 Å². The number of carbonyl (C=O) groups is 1. The second-order valence-corrected chi connectivity index (χ2v) is 4.75. The van der Waals surface area contributed by atoms with Crippen LogP contribution in [0.15, 0.2) is 24.3 Å². The molecule has 0 heterocycles. The molecule has 0 aliphatic heterocycles. The van der Waals surface area contributed by atoms with E-state index >= 15 is 0 Å². The van der Waals surface area contributed by atoms with Crippen molar-refractivity contribution in [1.29, 1.82) is 0 Å². The average molecular weight is 273 g/mol. The van der Waals surface area contributed by atoms with E-state index < -0.39 is 0 Å². The fourth-order valence-electron chi connectivity index (χ4n) is 1.90. The lowest BCUT2D eigenvalue weighted by molar-refractivity contribution is 0.0792. The zero-order valence-corrected chi connectivity index (χ0v) is 12.4. The van der Waals surface area contributed by atoms with Crippen LogP contribution >= 0.6 is 0 Å². The molecule has 1 rings (SSSR count). The van der Waals surface area contributed by atoms with E-state index in [1.807, 2.05) is 31.3 Å². The number of hydrogen-bond acceptors (Lipinski definition) is 2. The SMILES string of the molecule is CCCCCN(C)C(=O)c1ccccc1C#CCCO. The number of unbranched alkanes of at least 4 members (excludes halogenated alkanes) is 2. The quantitative estimate of drug-likeness (QED) is 0.639. The average Bonchev–Trinajstić information content (AvgIpc) is 2.47. The monoisotopic (exact) mass is 273 g/mol. The Morgan fingerprint density at radius 1 is 1.30 bits per heavy atom. The highest BCUT2D eigenvalue weighted by Gasteiger charge is 2.13. The smallest absolute Gasteiger partial charge is 0.254 e. The molecule has 3 nitrogen and oxygen atoms in total. The van der Waals surface area contributed by atoms with Crippen LogP contribution in [0.4, 0.5) is 0 Å². The summed E-state index contributed by atoms with van der Waals surface area (Å²) in [6.07, 6.45) is 3.73. The molecule has 1 aromatic carbocycles. The van der Waals surface area contributed by atoms with Gasteiger partial charge in [0.15, 0.2) is 0 Å². The molecule has 0 atom stereocenters. The Labute approximate surface area is 121 Å². The van der Waals surface area contributed by atoms with E-state index in [0.717, 1.165) is 31.4 Å². The van der Waals surface area contributed by atoms with Gasteiger partial charge in [-0.3, -0.25) is 4.79 Å². The van der Waals surface area contributed by atoms with E-state index in [1.165, 1.54) is 0 Å². The molecule has 0 aromatic heterocycles. The van der Waals surface area contributed by atoms with Gasteiger partial charge < -0.3 is 10.0 Å². The fraction of sp³-hybridized carbons (Fsp3) is 0.471. The van der Waals surface area contributed by atoms with Crippen molar-refractivity contribution in [1.82, 2.24) is 4.90 Å². The van der Waals surface area contributed by atoms with Crippen LogP contribution in [0.5, 0.6) is 0 Å². The molecule has 1 N–H and O–H groups in total. The number of amides is 1. The first-order valence-corrected chi connectivity index (χ1v) is 7.15. The molecule has 1 amide bonds. The first-order valence-electron chi connectivity index (χ1n) is 7.15. The Morgan fingerprint density at radius 3 is 2.75 bits per heavy atom. The predicted octanol–water partition coefficient (Wildman–Crippen LogP) is 2.68. The summed E-state index contributed by atoms with van der Waals surface area (Å²) in [6.45, 7) is 2.96. The Hall–Kier alpha value is -1.79. The third kappa shape index (κ3) is 5.07. The zero-order valence-electron chi connectivity index (χ0n) is 12.4. The molecule has 3 heteroatoms. The highest BCUT2D eigenvalue weighted by atomic mass is 16.2. The number of benzene rings is 1. The number of nitrogens with zero attached hydrogens (tertiary/aromatic N) is 1. The second kappa shape index (κ2) is 9.17. The van der Waals surface area contributed by atoms with E-state index in [-0.39, 0.29) is 12.5 Å². The molecule has 0 fully saturated rings. The minimum absolute atomic E-state index is 0.00926. The molecule has 1 aromatic rings. The van der Waals surface area contributed by atoms with Crippen LogP contribution in [0.2, 0.25) is 0 Å². The van der Waals surface area contributed by atoms with Crippen molar-refractivity contribution in [3.63, 3.8) is 0 Å². The normalized spacial score (nSPS) is 9.75. The Bertz CT molecular complexity index is 485. The standard InChI is InChI=1S/C17H23NO2/c1-3-4-8-13-18(2)17(20)16-12-6-5-10-15(16)11-7-9-14-19/h5-6,10,12,19H,3-4,8-9,13-14H2,1-2H3. The molecular formula is C17H23NO2. The van der Waals surface area contributed by atoms with Crippen LogP contribution in [-0.4, -0.2) is 36.1 Å². The summed E-state index contributed by atoms with van der Waals surface area (Å²) in [5.74, 6) is 5.84. The second-order valence-electron chi connectivity index (χ2n) is 4.75. The third-order valence-corrected chi connectivity index (χ3v) is 3.06. The van der Waals surface area contributed by atoms with E-state index in [4.69, 9.17) is 5.11 Å². The third-order valence-electron chi connectivity index (χ3n) is 3.06. The van der Waals surface area contributed by atoms with Crippen molar-refractivity contribution in [2.75, 3.05) is 20.2 Å². The Morgan fingerprint density at radius 2 is 2.05 bits per heavy atom. The Balaban J connectivity index is 2.79. The van der Waals surface area contributed by atoms with Gasteiger partial charge in [-0.2, -0.15) is 0 Å². The van der Waals surface area contributed by atoms with Crippen LogP contribution in [0.3, 0.4) is 0 Å². The minimum Gasteiger partial charge on any atom is -0.395 e. The first-order chi connectivity index (χ1) is 9.70. The largest absolute Gasteiger partial charge is 0.395 e. The van der Waals surface area contributed by atoms with Gasteiger partial charge in [-0.15, -0.1) is 0 Å². The molecule has 0 aliphatic carbocycles. The molecule has 20 heavy (non-hydrogen) atoms.